The second-order valence-corrected chi connectivity index (χ2v) is 9.67. The Morgan fingerprint density at radius 2 is 1.93 bits per heavy atom. The van der Waals surface area contributed by atoms with Crippen molar-refractivity contribution in [3.8, 4) is 11.5 Å². The molecule has 0 bridgehead atoms. The van der Waals surface area contributed by atoms with Crippen LogP contribution in [0, 0.1) is 6.92 Å². The lowest BCUT2D eigenvalue weighted by molar-refractivity contribution is 0.100. The Hall–Kier alpha value is -2.26. The minimum Gasteiger partial charge on any atom is -0.454 e. The average Bonchev–Trinajstić information content (AvgIpc) is 3.33. The van der Waals surface area contributed by atoms with Gasteiger partial charge in [-0.25, -0.2) is 0 Å². The van der Waals surface area contributed by atoms with Crippen LogP contribution < -0.4 is 20.5 Å². The highest BCUT2D eigenvalue weighted by Gasteiger charge is 2.23. The van der Waals surface area contributed by atoms with Crippen molar-refractivity contribution in [2.45, 2.75) is 13.3 Å². The minimum absolute atomic E-state index is 0.202. The van der Waals surface area contributed by atoms with Gasteiger partial charge in [-0.2, -0.15) is 0 Å². The van der Waals surface area contributed by atoms with E-state index in [-0.39, 0.29) is 22.3 Å². The molecule has 6 nitrogen and oxygen atoms in total. The molecule has 0 aliphatic carbocycles. The number of carbonyl (C=O) groups excluding carboxylic acids is 2. The number of carbonyl (C=O) groups is 2. The van der Waals surface area contributed by atoms with Gasteiger partial charge in [0, 0.05) is 11.3 Å². The molecule has 3 heterocycles. The van der Waals surface area contributed by atoms with Gasteiger partial charge in [-0.3, -0.25) is 9.59 Å². The molecular weight excluding hydrogens is 455 g/mol. The molecule has 10 heteroatoms. The van der Waals surface area contributed by atoms with Crippen molar-refractivity contribution in [2.75, 3.05) is 12.1 Å². The quantitative estimate of drug-likeness (QED) is 0.544. The fourth-order valence-corrected chi connectivity index (χ4v) is 5.71. The number of anilines is 1. The third-order valence-corrected chi connectivity index (χ3v) is 7.12. The molecule has 0 fully saturated rings. The number of amides is 2. The van der Waals surface area contributed by atoms with E-state index in [2.05, 4.69) is 5.32 Å². The van der Waals surface area contributed by atoms with Gasteiger partial charge in [0.25, 0.3) is 11.8 Å². The normalized spacial score (nSPS) is 12.2. The van der Waals surface area contributed by atoms with E-state index < -0.39 is 11.8 Å². The number of fused-ring (bicyclic) bond motifs is 1. The number of nitrogens with one attached hydrogen (secondary N) is 1. The van der Waals surface area contributed by atoms with Crippen molar-refractivity contribution in [3.63, 3.8) is 0 Å². The summed E-state index contributed by atoms with van der Waals surface area (Å²) in [5, 5.41) is 3.13. The standard InChI is InChI=1S/C19H14Cl2N2O4S2/c1-8-13(5-9-2-3-11-12(4-9)27-7-26-11)28-19(15(8)17(22)24)23-18(25)10-6-14(20)29-16(10)21/h2-4,6H,5,7H2,1H3,(H2,22,24)(H,23,25). The maximum atomic E-state index is 12.6. The summed E-state index contributed by atoms with van der Waals surface area (Å²) in [5.41, 5.74) is 7.83. The Balaban J connectivity index is 1.64. The molecule has 150 valence electrons. The van der Waals surface area contributed by atoms with Crippen molar-refractivity contribution < 1.29 is 19.1 Å². The van der Waals surface area contributed by atoms with Crippen molar-refractivity contribution in [3.05, 3.63) is 60.1 Å². The van der Waals surface area contributed by atoms with Crippen LogP contribution in [0.25, 0.3) is 0 Å². The van der Waals surface area contributed by atoms with E-state index in [0.717, 1.165) is 27.3 Å². The third kappa shape index (κ3) is 3.93. The first-order valence-electron chi connectivity index (χ1n) is 8.40. The molecule has 0 spiro atoms. The van der Waals surface area contributed by atoms with E-state index in [1.807, 2.05) is 25.1 Å². The van der Waals surface area contributed by atoms with Crippen LogP contribution in [0.15, 0.2) is 24.3 Å². The number of ether oxygens (including phenoxy) is 2. The summed E-state index contributed by atoms with van der Waals surface area (Å²) < 4.78 is 11.4. The Kier molecular flexibility index (Phi) is 5.44. The van der Waals surface area contributed by atoms with Gasteiger partial charge in [-0.05, 0) is 36.2 Å². The molecule has 0 unspecified atom stereocenters. The fourth-order valence-electron chi connectivity index (χ4n) is 3.02. The summed E-state index contributed by atoms with van der Waals surface area (Å²) in [6.45, 7) is 2.01. The number of rotatable bonds is 5. The lowest BCUT2D eigenvalue weighted by Crippen LogP contribution is -2.17. The highest BCUT2D eigenvalue weighted by molar-refractivity contribution is 7.20. The predicted molar refractivity (Wildman–Crippen MR) is 115 cm³/mol. The molecule has 1 aliphatic rings. The van der Waals surface area contributed by atoms with E-state index in [0.29, 0.717) is 27.3 Å². The monoisotopic (exact) mass is 468 g/mol. The molecular formula is C19H14Cl2N2O4S2. The summed E-state index contributed by atoms with van der Waals surface area (Å²) in [7, 11) is 0. The first kappa shape index (κ1) is 20.0. The number of benzene rings is 1. The van der Waals surface area contributed by atoms with Gasteiger partial charge in [-0.15, -0.1) is 22.7 Å². The summed E-state index contributed by atoms with van der Waals surface area (Å²) in [5.74, 6) is 0.329. The predicted octanol–water partition coefficient (Wildman–Crippen LogP) is 5.10. The largest absolute Gasteiger partial charge is 0.454 e. The molecule has 3 N–H and O–H groups in total. The number of hydrogen-bond donors (Lipinski definition) is 2. The third-order valence-electron chi connectivity index (χ3n) is 4.42. The zero-order chi connectivity index (χ0) is 20.7. The van der Waals surface area contributed by atoms with Gasteiger partial charge in [0.2, 0.25) is 6.79 Å². The summed E-state index contributed by atoms with van der Waals surface area (Å²) in [6.07, 6.45) is 0.550. The maximum Gasteiger partial charge on any atom is 0.258 e. The molecule has 0 radical (unpaired) electrons. The van der Waals surface area contributed by atoms with Gasteiger partial charge in [0.05, 0.1) is 15.5 Å². The van der Waals surface area contributed by atoms with Crippen molar-refractivity contribution >= 4 is 62.7 Å². The SMILES string of the molecule is Cc1c(Cc2ccc3c(c2)OCO3)sc(NC(=O)c2cc(Cl)sc2Cl)c1C(N)=O. The lowest BCUT2D eigenvalue weighted by Gasteiger charge is -2.04. The molecule has 2 aromatic heterocycles. The van der Waals surface area contributed by atoms with E-state index in [9.17, 15) is 9.59 Å². The average molecular weight is 469 g/mol. The zero-order valence-corrected chi connectivity index (χ0v) is 18.2. The smallest absolute Gasteiger partial charge is 0.258 e. The van der Waals surface area contributed by atoms with Gasteiger partial charge in [0.1, 0.15) is 9.34 Å². The Morgan fingerprint density at radius 3 is 2.62 bits per heavy atom. The molecule has 1 aliphatic heterocycles. The summed E-state index contributed by atoms with van der Waals surface area (Å²) >= 11 is 14.4. The van der Waals surface area contributed by atoms with Crippen LogP contribution in [-0.2, 0) is 6.42 Å². The molecule has 0 saturated carbocycles. The number of nitrogens with two attached hydrogens (primary N) is 1. The number of halogens is 2. The van der Waals surface area contributed by atoms with Crippen LogP contribution in [0.4, 0.5) is 5.00 Å². The summed E-state index contributed by atoms with van der Waals surface area (Å²) in [4.78, 5) is 25.6. The topological polar surface area (TPSA) is 90.7 Å². The van der Waals surface area contributed by atoms with Crippen molar-refractivity contribution in [1.82, 2.24) is 0 Å². The van der Waals surface area contributed by atoms with Gasteiger partial charge >= 0.3 is 0 Å². The van der Waals surface area contributed by atoms with E-state index in [1.165, 1.54) is 17.4 Å². The van der Waals surface area contributed by atoms with Crippen LogP contribution >= 0.6 is 45.9 Å². The first-order valence-corrected chi connectivity index (χ1v) is 10.8. The Labute approximate surface area is 184 Å². The van der Waals surface area contributed by atoms with Crippen LogP contribution in [0.5, 0.6) is 11.5 Å². The number of primary amides is 1. The second-order valence-electron chi connectivity index (χ2n) is 6.28. The highest BCUT2D eigenvalue weighted by Crippen LogP contribution is 2.38. The van der Waals surface area contributed by atoms with E-state index in [4.69, 9.17) is 38.4 Å². The molecule has 0 atom stereocenters. The van der Waals surface area contributed by atoms with Crippen LogP contribution in [0.3, 0.4) is 0 Å². The molecule has 3 aromatic rings. The fraction of sp³-hybridized carbons (Fsp3) is 0.158. The Bertz CT molecular complexity index is 1140. The second kappa shape index (κ2) is 7.87. The lowest BCUT2D eigenvalue weighted by atomic mass is 10.1. The number of thiophene rings is 2. The van der Waals surface area contributed by atoms with Crippen LogP contribution in [0.2, 0.25) is 8.67 Å². The molecule has 4 rings (SSSR count). The van der Waals surface area contributed by atoms with Crippen LogP contribution in [-0.4, -0.2) is 18.6 Å². The maximum absolute atomic E-state index is 12.6. The van der Waals surface area contributed by atoms with Gasteiger partial charge in [0.15, 0.2) is 11.5 Å². The van der Waals surface area contributed by atoms with E-state index in [1.54, 1.807) is 0 Å². The Morgan fingerprint density at radius 1 is 1.17 bits per heavy atom. The minimum atomic E-state index is -0.611. The molecule has 29 heavy (non-hydrogen) atoms. The van der Waals surface area contributed by atoms with Gasteiger partial charge in [-0.1, -0.05) is 29.3 Å². The molecule has 2 amide bonds. The van der Waals surface area contributed by atoms with Gasteiger partial charge < -0.3 is 20.5 Å². The van der Waals surface area contributed by atoms with E-state index >= 15 is 0 Å². The number of hydrogen-bond acceptors (Lipinski definition) is 6. The van der Waals surface area contributed by atoms with Crippen molar-refractivity contribution in [2.24, 2.45) is 5.73 Å². The highest BCUT2D eigenvalue weighted by atomic mass is 35.5. The zero-order valence-electron chi connectivity index (χ0n) is 15.0. The van der Waals surface area contributed by atoms with Crippen molar-refractivity contribution in [1.29, 1.82) is 0 Å². The summed E-state index contributed by atoms with van der Waals surface area (Å²) in [6, 6.07) is 7.17. The first-order chi connectivity index (χ1) is 13.8. The van der Waals surface area contributed by atoms with Crippen LogP contribution in [0.1, 0.15) is 36.7 Å². The molecule has 0 saturated heterocycles. The molecule has 1 aromatic carbocycles.